The Balaban J connectivity index is 1.83. The SMILES string of the molecule is CCn1nccc1CNC(C)Cc1ccc(C)s1. The Morgan fingerprint density at radius 2 is 2.22 bits per heavy atom. The molecule has 0 aliphatic rings. The first-order chi connectivity index (χ1) is 8.69. The Hall–Kier alpha value is -1.13. The molecule has 0 bridgehead atoms. The molecule has 98 valence electrons. The fourth-order valence-electron chi connectivity index (χ4n) is 2.04. The van der Waals surface area contributed by atoms with Crippen molar-refractivity contribution < 1.29 is 0 Å². The lowest BCUT2D eigenvalue weighted by atomic mass is 10.2. The summed E-state index contributed by atoms with van der Waals surface area (Å²) in [5.74, 6) is 0. The Morgan fingerprint density at radius 3 is 2.89 bits per heavy atom. The van der Waals surface area contributed by atoms with E-state index in [0.29, 0.717) is 6.04 Å². The maximum absolute atomic E-state index is 4.28. The lowest BCUT2D eigenvalue weighted by molar-refractivity contribution is 0.516. The summed E-state index contributed by atoms with van der Waals surface area (Å²) < 4.78 is 2.04. The van der Waals surface area contributed by atoms with Gasteiger partial charge in [0.15, 0.2) is 0 Å². The average Bonchev–Trinajstić information content (AvgIpc) is 2.95. The van der Waals surface area contributed by atoms with Crippen LogP contribution in [0.2, 0.25) is 0 Å². The molecule has 0 amide bonds. The van der Waals surface area contributed by atoms with Crippen molar-refractivity contribution >= 4 is 11.3 Å². The third-order valence-electron chi connectivity index (χ3n) is 3.04. The van der Waals surface area contributed by atoms with Crippen LogP contribution in [0.5, 0.6) is 0 Å². The van der Waals surface area contributed by atoms with Gasteiger partial charge in [0.2, 0.25) is 0 Å². The Bertz CT molecular complexity index is 487. The van der Waals surface area contributed by atoms with Gasteiger partial charge < -0.3 is 5.32 Å². The van der Waals surface area contributed by atoms with E-state index in [1.54, 1.807) is 0 Å². The number of aromatic nitrogens is 2. The van der Waals surface area contributed by atoms with Crippen molar-refractivity contribution in [1.82, 2.24) is 15.1 Å². The zero-order valence-electron chi connectivity index (χ0n) is 11.3. The zero-order chi connectivity index (χ0) is 13.0. The molecule has 2 rings (SSSR count). The number of hydrogen-bond donors (Lipinski definition) is 1. The molecule has 0 saturated heterocycles. The highest BCUT2D eigenvalue weighted by atomic mass is 32.1. The van der Waals surface area contributed by atoms with Crippen molar-refractivity contribution in [3.63, 3.8) is 0 Å². The first kappa shape index (κ1) is 13.3. The van der Waals surface area contributed by atoms with Gasteiger partial charge in [-0.1, -0.05) is 0 Å². The summed E-state index contributed by atoms with van der Waals surface area (Å²) in [6, 6.07) is 6.99. The lowest BCUT2D eigenvalue weighted by Gasteiger charge is -2.13. The Labute approximate surface area is 113 Å². The van der Waals surface area contributed by atoms with Gasteiger partial charge in [-0.3, -0.25) is 4.68 Å². The van der Waals surface area contributed by atoms with Gasteiger partial charge in [0.05, 0.1) is 5.69 Å². The van der Waals surface area contributed by atoms with Gasteiger partial charge in [0.25, 0.3) is 0 Å². The highest BCUT2D eigenvalue weighted by molar-refractivity contribution is 7.11. The van der Waals surface area contributed by atoms with E-state index in [1.165, 1.54) is 15.4 Å². The third kappa shape index (κ3) is 3.43. The zero-order valence-corrected chi connectivity index (χ0v) is 12.1. The molecule has 0 radical (unpaired) electrons. The number of rotatable bonds is 6. The minimum atomic E-state index is 0.489. The summed E-state index contributed by atoms with van der Waals surface area (Å²) in [6.07, 6.45) is 2.96. The molecule has 4 heteroatoms. The maximum Gasteiger partial charge on any atom is 0.0522 e. The minimum absolute atomic E-state index is 0.489. The highest BCUT2D eigenvalue weighted by Gasteiger charge is 2.06. The van der Waals surface area contributed by atoms with Crippen LogP contribution in [0, 0.1) is 6.92 Å². The van der Waals surface area contributed by atoms with Crippen molar-refractivity contribution in [3.05, 3.63) is 39.8 Å². The molecule has 0 saturated carbocycles. The maximum atomic E-state index is 4.28. The summed E-state index contributed by atoms with van der Waals surface area (Å²) in [7, 11) is 0. The van der Waals surface area contributed by atoms with E-state index in [4.69, 9.17) is 0 Å². The van der Waals surface area contributed by atoms with Crippen LogP contribution in [0.3, 0.4) is 0 Å². The van der Waals surface area contributed by atoms with Crippen molar-refractivity contribution in [2.24, 2.45) is 0 Å². The van der Waals surface area contributed by atoms with E-state index in [9.17, 15) is 0 Å². The normalized spacial score (nSPS) is 12.8. The molecule has 0 fully saturated rings. The van der Waals surface area contributed by atoms with Crippen LogP contribution in [-0.2, 0) is 19.5 Å². The van der Waals surface area contributed by atoms with Crippen LogP contribution in [0.25, 0.3) is 0 Å². The van der Waals surface area contributed by atoms with Gasteiger partial charge in [-0.15, -0.1) is 11.3 Å². The minimum Gasteiger partial charge on any atom is -0.308 e. The highest BCUT2D eigenvalue weighted by Crippen LogP contribution is 2.16. The fraction of sp³-hybridized carbons (Fsp3) is 0.500. The lowest BCUT2D eigenvalue weighted by Crippen LogP contribution is -2.28. The molecular weight excluding hydrogens is 242 g/mol. The van der Waals surface area contributed by atoms with Crippen molar-refractivity contribution in [1.29, 1.82) is 0 Å². The van der Waals surface area contributed by atoms with Crippen molar-refractivity contribution in [3.8, 4) is 0 Å². The van der Waals surface area contributed by atoms with E-state index in [-0.39, 0.29) is 0 Å². The average molecular weight is 263 g/mol. The molecule has 0 aromatic carbocycles. The third-order valence-corrected chi connectivity index (χ3v) is 4.06. The van der Waals surface area contributed by atoms with E-state index in [2.05, 4.69) is 49.4 Å². The fourth-order valence-corrected chi connectivity index (χ4v) is 3.06. The smallest absolute Gasteiger partial charge is 0.0522 e. The van der Waals surface area contributed by atoms with Crippen molar-refractivity contribution in [2.45, 2.75) is 46.3 Å². The molecular formula is C14H21N3S. The number of nitrogens with zero attached hydrogens (tertiary/aromatic N) is 2. The second kappa shape index (κ2) is 6.16. The predicted molar refractivity (Wildman–Crippen MR) is 77.0 cm³/mol. The molecule has 0 aliphatic carbocycles. The summed E-state index contributed by atoms with van der Waals surface area (Å²) in [6.45, 7) is 8.34. The summed E-state index contributed by atoms with van der Waals surface area (Å²) >= 11 is 1.89. The van der Waals surface area contributed by atoms with E-state index in [1.807, 2.05) is 22.2 Å². The molecule has 3 nitrogen and oxygen atoms in total. The topological polar surface area (TPSA) is 29.9 Å². The van der Waals surface area contributed by atoms with Crippen LogP contribution >= 0.6 is 11.3 Å². The Kier molecular flexibility index (Phi) is 4.55. The monoisotopic (exact) mass is 263 g/mol. The number of hydrogen-bond acceptors (Lipinski definition) is 3. The van der Waals surface area contributed by atoms with Crippen molar-refractivity contribution in [2.75, 3.05) is 0 Å². The van der Waals surface area contributed by atoms with Crippen LogP contribution in [0.1, 0.15) is 29.3 Å². The Morgan fingerprint density at radius 1 is 1.39 bits per heavy atom. The van der Waals surface area contributed by atoms with Gasteiger partial charge in [-0.2, -0.15) is 5.10 Å². The van der Waals surface area contributed by atoms with E-state index in [0.717, 1.165) is 19.5 Å². The van der Waals surface area contributed by atoms with Crippen LogP contribution in [-0.4, -0.2) is 15.8 Å². The molecule has 2 aromatic rings. The summed E-state index contributed by atoms with van der Waals surface area (Å²) in [5.41, 5.74) is 1.26. The molecule has 1 unspecified atom stereocenters. The van der Waals surface area contributed by atoms with Gasteiger partial charge in [0.1, 0.15) is 0 Å². The van der Waals surface area contributed by atoms with Crippen LogP contribution < -0.4 is 5.32 Å². The van der Waals surface area contributed by atoms with Gasteiger partial charge in [-0.05, 0) is 45.4 Å². The molecule has 18 heavy (non-hydrogen) atoms. The van der Waals surface area contributed by atoms with Gasteiger partial charge in [0, 0.05) is 35.1 Å². The molecule has 0 spiro atoms. The predicted octanol–water partition coefficient (Wildman–Crippen LogP) is 2.99. The first-order valence-electron chi connectivity index (χ1n) is 6.48. The summed E-state index contributed by atoms with van der Waals surface area (Å²) in [4.78, 5) is 2.85. The number of nitrogens with one attached hydrogen (secondary N) is 1. The largest absolute Gasteiger partial charge is 0.308 e. The van der Waals surface area contributed by atoms with E-state index < -0.39 is 0 Å². The van der Waals surface area contributed by atoms with Crippen LogP contribution in [0.4, 0.5) is 0 Å². The second-order valence-corrected chi connectivity index (χ2v) is 6.01. The molecule has 0 aliphatic heterocycles. The molecule has 1 N–H and O–H groups in total. The summed E-state index contributed by atoms with van der Waals surface area (Å²) in [5, 5.41) is 7.84. The number of thiophene rings is 1. The molecule has 2 heterocycles. The molecule has 2 aromatic heterocycles. The number of aryl methyl sites for hydroxylation is 2. The quantitative estimate of drug-likeness (QED) is 0.868. The van der Waals surface area contributed by atoms with E-state index >= 15 is 0 Å². The van der Waals surface area contributed by atoms with Crippen LogP contribution in [0.15, 0.2) is 24.4 Å². The van der Waals surface area contributed by atoms with Gasteiger partial charge in [-0.25, -0.2) is 0 Å². The molecule has 1 atom stereocenters. The standard InChI is InChI=1S/C14H21N3S/c1-4-17-13(7-8-16-17)10-15-11(2)9-14-6-5-12(3)18-14/h5-8,11,15H,4,9-10H2,1-3H3. The first-order valence-corrected chi connectivity index (χ1v) is 7.30. The second-order valence-electron chi connectivity index (χ2n) is 4.64. The van der Waals surface area contributed by atoms with Gasteiger partial charge >= 0.3 is 0 Å².